The second-order valence-electron chi connectivity index (χ2n) is 5.60. The third-order valence-corrected chi connectivity index (χ3v) is 3.20. The average Bonchev–Trinajstić information content (AvgIpc) is 2.66. The van der Waals surface area contributed by atoms with E-state index >= 15 is 0 Å². The first-order valence-electron chi connectivity index (χ1n) is 6.57. The maximum Gasteiger partial charge on any atom is 0.171 e. The van der Waals surface area contributed by atoms with Gasteiger partial charge in [0, 0.05) is 18.8 Å². The molecule has 0 unspecified atom stereocenters. The summed E-state index contributed by atoms with van der Waals surface area (Å²) in [5.74, 6) is 0.764. The van der Waals surface area contributed by atoms with Gasteiger partial charge in [-0.1, -0.05) is 30.3 Å². The Balaban J connectivity index is 1.97. The number of hydrogen-bond donors (Lipinski definition) is 2. The monoisotopic (exact) mass is 258 g/mol. The second kappa shape index (κ2) is 5.34. The lowest BCUT2D eigenvalue weighted by Crippen LogP contribution is -2.32. The van der Waals surface area contributed by atoms with Gasteiger partial charge in [0.25, 0.3) is 0 Å². The van der Waals surface area contributed by atoms with Gasteiger partial charge in [0.2, 0.25) is 0 Å². The summed E-state index contributed by atoms with van der Waals surface area (Å²) in [4.78, 5) is 0. The fourth-order valence-corrected chi connectivity index (χ4v) is 2.09. The maximum absolute atomic E-state index is 5.91. The van der Waals surface area contributed by atoms with Gasteiger partial charge in [-0.25, -0.2) is 0 Å². The average molecular weight is 258 g/mol. The summed E-state index contributed by atoms with van der Waals surface area (Å²) in [5.41, 5.74) is 7.91. The Labute approximate surface area is 114 Å². The summed E-state index contributed by atoms with van der Waals surface area (Å²) >= 11 is 0. The molecule has 1 aromatic heterocycles. The van der Waals surface area contributed by atoms with Crippen molar-refractivity contribution in [1.82, 2.24) is 9.78 Å². The van der Waals surface area contributed by atoms with Crippen LogP contribution in [0, 0.1) is 0 Å². The Kier molecular flexibility index (Phi) is 3.79. The minimum Gasteiger partial charge on any atom is -0.394 e. The maximum atomic E-state index is 5.91. The number of rotatable bonds is 5. The Morgan fingerprint density at radius 1 is 1.26 bits per heavy atom. The summed E-state index contributed by atoms with van der Waals surface area (Å²) in [6.07, 6.45) is 3.87. The zero-order valence-electron chi connectivity index (χ0n) is 11.9. The number of anilines is 2. The molecule has 19 heavy (non-hydrogen) atoms. The van der Waals surface area contributed by atoms with Crippen molar-refractivity contribution in [3.05, 3.63) is 42.1 Å². The topological polar surface area (TPSA) is 55.9 Å². The number of aryl methyl sites for hydroxylation is 2. The number of hydrogen-bond acceptors (Lipinski definition) is 3. The molecule has 0 aliphatic heterocycles. The fourth-order valence-electron chi connectivity index (χ4n) is 2.09. The van der Waals surface area contributed by atoms with Crippen LogP contribution < -0.4 is 11.1 Å². The Morgan fingerprint density at radius 3 is 2.53 bits per heavy atom. The Bertz CT molecular complexity index is 528. The third-order valence-electron chi connectivity index (χ3n) is 3.20. The van der Waals surface area contributed by atoms with Crippen LogP contribution in [0.1, 0.15) is 25.8 Å². The van der Waals surface area contributed by atoms with Crippen molar-refractivity contribution >= 4 is 11.5 Å². The van der Waals surface area contributed by atoms with E-state index in [0.717, 1.165) is 18.7 Å². The molecule has 0 aliphatic carbocycles. The molecule has 0 saturated heterocycles. The summed E-state index contributed by atoms with van der Waals surface area (Å²) in [6, 6.07) is 10.5. The van der Waals surface area contributed by atoms with Gasteiger partial charge in [0.05, 0.1) is 5.69 Å². The van der Waals surface area contributed by atoms with Crippen LogP contribution in [0.5, 0.6) is 0 Å². The molecule has 2 rings (SSSR count). The van der Waals surface area contributed by atoms with E-state index in [4.69, 9.17) is 5.73 Å². The van der Waals surface area contributed by atoms with Gasteiger partial charge >= 0.3 is 0 Å². The van der Waals surface area contributed by atoms with Crippen LogP contribution in [-0.2, 0) is 13.5 Å². The quantitative estimate of drug-likeness (QED) is 0.867. The van der Waals surface area contributed by atoms with E-state index in [1.54, 1.807) is 4.68 Å². The Hall–Kier alpha value is -1.97. The van der Waals surface area contributed by atoms with E-state index in [9.17, 15) is 0 Å². The zero-order valence-corrected chi connectivity index (χ0v) is 11.9. The van der Waals surface area contributed by atoms with E-state index in [0.29, 0.717) is 5.69 Å². The number of benzene rings is 1. The molecule has 0 atom stereocenters. The largest absolute Gasteiger partial charge is 0.394 e. The molecule has 0 fully saturated rings. The molecule has 4 heteroatoms. The van der Waals surface area contributed by atoms with Crippen molar-refractivity contribution in [3.63, 3.8) is 0 Å². The zero-order chi connectivity index (χ0) is 13.9. The lowest BCUT2D eigenvalue weighted by molar-refractivity contribution is 0.515. The first kappa shape index (κ1) is 13.5. The third kappa shape index (κ3) is 3.74. The summed E-state index contributed by atoms with van der Waals surface area (Å²) in [6.45, 7) is 4.34. The van der Waals surface area contributed by atoms with Gasteiger partial charge in [-0.3, -0.25) is 4.68 Å². The SMILES string of the molecule is Cn1cc(N)c(NC(C)(C)CCc2ccccc2)n1. The lowest BCUT2D eigenvalue weighted by Gasteiger charge is -2.26. The molecule has 102 valence electrons. The highest BCUT2D eigenvalue weighted by Gasteiger charge is 2.19. The number of aromatic nitrogens is 2. The molecule has 0 spiro atoms. The highest BCUT2D eigenvalue weighted by Crippen LogP contribution is 2.23. The van der Waals surface area contributed by atoms with Crippen LogP contribution in [0.25, 0.3) is 0 Å². The molecule has 0 aliphatic rings. The molecule has 0 saturated carbocycles. The molecule has 0 amide bonds. The van der Waals surface area contributed by atoms with Gasteiger partial charge in [-0.2, -0.15) is 5.10 Å². The van der Waals surface area contributed by atoms with Crippen LogP contribution in [0.4, 0.5) is 11.5 Å². The number of nitrogens with two attached hydrogens (primary N) is 1. The molecule has 1 aromatic carbocycles. The van der Waals surface area contributed by atoms with Crippen molar-refractivity contribution in [2.45, 2.75) is 32.2 Å². The first-order chi connectivity index (χ1) is 8.96. The summed E-state index contributed by atoms with van der Waals surface area (Å²) < 4.78 is 1.73. The van der Waals surface area contributed by atoms with Gasteiger partial charge in [-0.15, -0.1) is 0 Å². The van der Waals surface area contributed by atoms with Crippen molar-refractivity contribution in [2.24, 2.45) is 7.05 Å². The van der Waals surface area contributed by atoms with E-state index in [1.807, 2.05) is 19.3 Å². The van der Waals surface area contributed by atoms with Crippen LogP contribution >= 0.6 is 0 Å². The standard InChI is InChI=1S/C15H22N4/c1-15(2,10-9-12-7-5-4-6-8-12)17-14-13(16)11-19(3)18-14/h4-8,11H,9-10,16H2,1-3H3,(H,17,18). The second-order valence-corrected chi connectivity index (χ2v) is 5.60. The highest BCUT2D eigenvalue weighted by molar-refractivity contribution is 5.60. The van der Waals surface area contributed by atoms with Crippen LogP contribution in [-0.4, -0.2) is 15.3 Å². The predicted molar refractivity (Wildman–Crippen MR) is 80.1 cm³/mol. The van der Waals surface area contributed by atoms with E-state index < -0.39 is 0 Å². The minimum absolute atomic E-state index is 0.0433. The first-order valence-corrected chi connectivity index (χ1v) is 6.57. The van der Waals surface area contributed by atoms with Crippen LogP contribution in [0.3, 0.4) is 0 Å². The van der Waals surface area contributed by atoms with Crippen molar-refractivity contribution in [1.29, 1.82) is 0 Å². The van der Waals surface area contributed by atoms with E-state index in [-0.39, 0.29) is 5.54 Å². The van der Waals surface area contributed by atoms with Gasteiger partial charge < -0.3 is 11.1 Å². The molecule has 1 heterocycles. The summed E-state index contributed by atoms with van der Waals surface area (Å²) in [7, 11) is 1.87. The van der Waals surface area contributed by atoms with Crippen LogP contribution in [0.15, 0.2) is 36.5 Å². The normalized spacial score (nSPS) is 11.5. The van der Waals surface area contributed by atoms with Gasteiger partial charge in [0.1, 0.15) is 0 Å². The number of nitrogens with one attached hydrogen (secondary N) is 1. The molecule has 0 radical (unpaired) electrons. The van der Waals surface area contributed by atoms with E-state index in [1.165, 1.54) is 5.56 Å². The molecular weight excluding hydrogens is 236 g/mol. The fraction of sp³-hybridized carbons (Fsp3) is 0.400. The molecule has 0 bridgehead atoms. The molecule has 3 N–H and O–H groups in total. The van der Waals surface area contributed by atoms with Crippen molar-refractivity contribution < 1.29 is 0 Å². The molecular formula is C15H22N4. The van der Waals surface area contributed by atoms with Gasteiger partial charge in [-0.05, 0) is 32.3 Å². The van der Waals surface area contributed by atoms with E-state index in [2.05, 4.69) is 48.5 Å². The summed E-state index contributed by atoms with van der Waals surface area (Å²) in [5, 5.41) is 7.75. The predicted octanol–water partition coefficient (Wildman–Crippen LogP) is 2.83. The van der Waals surface area contributed by atoms with Gasteiger partial charge in [0.15, 0.2) is 5.82 Å². The van der Waals surface area contributed by atoms with Crippen molar-refractivity contribution in [3.8, 4) is 0 Å². The smallest absolute Gasteiger partial charge is 0.171 e. The Morgan fingerprint density at radius 2 is 1.95 bits per heavy atom. The highest BCUT2D eigenvalue weighted by atomic mass is 15.3. The molecule has 4 nitrogen and oxygen atoms in total. The van der Waals surface area contributed by atoms with Crippen molar-refractivity contribution in [2.75, 3.05) is 11.1 Å². The number of nitrogen functional groups attached to an aromatic ring is 1. The minimum atomic E-state index is -0.0433. The lowest BCUT2D eigenvalue weighted by atomic mass is 9.95. The number of nitrogens with zero attached hydrogens (tertiary/aromatic N) is 2. The van der Waals surface area contributed by atoms with Crippen LogP contribution in [0.2, 0.25) is 0 Å². The molecule has 2 aromatic rings.